The van der Waals surface area contributed by atoms with E-state index in [9.17, 15) is 9.50 Å². The molecule has 0 amide bonds. The predicted octanol–water partition coefficient (Wildman–Crippen LogP) is 1.67. The van der Waals surface area contributed by atoms with Gasteiger partial charge in [0.1, 0.15) is 12.4 Å². The molecule has 0 fully saturated rings. The fourth-order valence-corrected chi connectivity index (χ4v) is 1.05. The van der Waals surface area contributed by atoms with Gasteiger partial charge in [0, 0.05) is 5.56 Å². The Hall–Kier alpha value is -1.09. The molecular weight excluding hydrogens is 157 g/mol. The van der Waals surface area contributed by atoms with Crippen molar-refractivity contribution >= 4 is 0 Å². The van der Waals surface area contributed by atoms with Crippen LogP contribution in [0.5, 0.6) is 5.75 Å². The van der Waals surface area contributed by atoms with E-state index in [1.807, 2.05) is 6.92 Å². The van der Waals surface area contributed by atoms with Crippen molar-refractivity contribution in [2.75, 3.05) is 6.67 Å². The van der Waals surface area contributed by atoms with Crippen molar-refractivity contribution in [3.63, 3.8) is 0 Å². The third-order valence-corrected chi connectivity index (χ3v) is 1.75. The van der Waals surface area contributed by atoms with E-state index in [0.717, 1.165) is 5.56 Å². The summed E-state index contributed by atoms with van der Waals surface area (Å²) in [7, 11) is 0. The number of phenols is 1. The summed E-state index contributed by atoms with van der Waals surface area (Å²) in [6.45, 7) is 1.21. The smallest absolute Gasteiger partial charge is 0.120 e. The number of hydrogen-bond acceptors (Lipinski definition) is 2. The molecule has 0 radical (unpaired) electrons. The second-order valence-corrected chi connectivity index (χ2v) is 2.82. The minimum Gasteiger partial charge on any atom is -0.508 e. The number of benzene rings is 1. The van der Waals surface area contributed by atoms with E-state index in [-0.39, 0.29) is 5.75 Å². The predicted molar refractivity (Wildman–Crippen MR) is 45.7 cm³/mol. The fraction of sp³-hybridized carbons (Fsp3) is 0.333. The highest BCUT2D eigenvalue weighted by atomic mass is 19.1. The van der Waals surface area contributed by atoms with Gasteiger partial charge in [0.2, 0.25) is 0 Å². The summed E-state index contributed by atoms with van der Waals surface area (Å²) in [5, 5.41) is 9.29. The van der Waals surface area contributed by atoms with E-state index in [1.54, 1.807) is 12.1 Å². The van der Waals surface area contributed by atoms with Gasteiger partial charge in [-0.1, -0.05) is 17.7 Å². The van der Waals surface area contributed by atoms with Gasteiger partial charge in [-0.25, -0.2) is 4.39 Å². The van der Waals surface area contributed by atoms with E-state index >= 15 is 0 Å². The Kier molecular flexibility index (Phi) is 2.65. The second kappa shape index (κ2) is 3.54. The zero-order valence-corrected chi connectivity index (χ0v) is 6.92. The molecule has 1 aromatic carbocycles. The van der Waals surface area contributed by atoms with Crippen LogP contribution in [0, 0.1) is 6.92 Å². The average molecular weight is 169 g/mol. The minimum absolute atomic E-state index is 0.0609. The molecule has 2 nitrogen and oxygen atoms in total. The maximum Gasteiger partial charge on any atom is 0.120 e. The van der Waals surface area contributed by atoms with Crippen molar-refractivity contribution in [2.24, 2.45) is 5.73 Å². The van der Waals surface area contributed by atoms with Gasteiger partial charge >= 0.3 is 0 Å². The Bertz CT molecular complexity index is 275. The van der Waals surface area contributed by atoms with Crippen molar-refractivity contribution in [1.82, 2.24) is 0 Å². The maximum atomic E-state index is 12.1. The molecule has 0 aliphatic rings. The Labute approximate surface area is 70.8 Å². The molecule has 1 rings (SSSR count). The lowest BCUT2D eigenvalue weighted by atomic mass is 10.1. The summed E-state index contributed by atoms with van der Waals surface area (Å²) in [6, 6.07) is 4.26. The van der Waals surface area contributed by atoms with Gasteiger partial charge in [-0.2, -0.15) is 0 Å². The molecule has 0 saturated carbocycles. The van der Waals surface area contributed by atoms with Gasteiger partial charge < -0.3 is 10.8 Å². The molecule has 0 aliphatic carbocycles. The van der Waals surface area contributed by atoms with Gasteiger partial charge in [0.25, 0.3) is 0 Å². The summed E-state index contributed by atoms with van der Waals surface area (Å²) in [6.07, 6.45) is 0. The third kappa shape index (κ3) is 1.74. The van der Waals surface area contributed by atoms with E-state index in [1.165, 1.54) is 6.07 Å². The summed E-state index contributed by atoms with van der Waals surface area (Å²) >= 11 is 0. The summed E-state index contributed by atoms with van der Waals surface area (Å²) in [5.41, 5.74) is 6.86. The Balaban J connectivity index is 3.04. The van der Waals surface area contributed by atoms with Crippen molar-refractivity contribution in [3.05, 3.63) is 29.3 Å². The largest absolute Gasteiger partial charge is 0.508 e. The molecule has 0 unspecified atom stereocenters. The molecule has 0 spiro atoms. The Morgan fingerprint density at radius 2 is 2.25 bits per heavy atom. The summed E-state index contributed by atoms with van der Waals surface area (Å²) < 4.78 is 12.1. The first-order valence-corrected chi connectivity index (χ1v) is 3.76. The van der Waals surface area contributed by atoms with Gasteiger partial charge in [-0.3, -0.25) is 0 Å². The van der Waals surface area contributed by atoms with Crippen LogP contribution < -0.4 is 5.73 Å². The van der Waals surface area contributed by atoms with E-state index in [4.69, 9.17) is 5.73 Å². The molecule has 0 bridgehead atoms. The van der Waals surface area contributed by atoms with Crippen LogP contribution in [-0.4, -0.2) is 11.8 Å². The highest BCUT2D eigenvalue weighted by molar-refractivity contribution is 5.37. The number of halogens is 1. The molecule has 1 aromatic rings. The first kappa shape index (κ1) is 9.00. The maximum absolute atomic E-state index is 12.1. The lowest BCUT2D eigenvalue weighted by Crippen LogP contribution is -2.12. The van der Waals surface area contributed by atoms with E-state index in [0.29, 0.717) is 5.56 Å². The van der Waals surface area contributed by atoms with Crippen molar-refractivity contribution in [2.45, 2.75) is 13.0 Å². The third-order valence-electron chi connectivity index (χ3n) is 1.75. The van der Waals surface area contributed by atoms with Crippen LogP contribution >= 0.6 is 0 Å². The molecule has 0 heterocycles. The van der Waals surface area contributed by atoms with E-state index in [2.05, 4.69) is 0 Å². The van der Waals surface area contributed by atoms with Crippen LogP contribution in [0.1, 0.15) is 17.2 Å². The first-order chi connectivity index (χ1) is 5.65. The fourth-order valence-electron chi connectivity index (χ4n) is 1.05. The quantitative estimate of drug-likeness (QED) is 0.707. The van der Waals surface area contributed by atoms with E-state index < -0.39 is 12.7 Å². The van der Waals surface area contributed by atoms with Crippen LogP contribution in [0.2, 0.25) is 0 Å². The number of aromatic hydroxyl groups is 1. The highest BCUT2D eigenvalue weighted by Crippen LogP contribution is 2.23. The van der Waals surface area contributed by atoms with Gasteiger partial charge in [-0.15, -0.1) is 0 Å². The molecule has 0 aromatic heterocycles. The van der Waals surface area contributed by atoms with Crippen LogP contribution in [0.4, 0.5) is 4.39 Å². The first-order valence-electron chi connectivity index (χ1n) is 3.76. The van der Waals surface area contributed by atoms with Gasteiger partial charge in [-0.05, 0) is 13.0 Å². The SMILES string of the molecule is Cc1ccc(O)c([C@@H](N)CF)c1. The standard InChI is InChI=1S/C9H12FNO/c1-6-2-3-9(12)7(4-6)8(11)5-10/h2-4,8,12H,5,11H2,1H3/t8-/m0/s1. The summed E-state index contributed by atoms with van der Waals surface area (Å²) in [5.74, 6) is 0.0609. The average Bonchev–Trinajstić information content (AvgIpc) is 2.08. The molecule has 1 atom stereocenters. The topological polar surface area (TPSA) is 46.2 Å². The van der Waals surface area contributed by atoms with Gasteiger partial charge in [0.15, 0.2) is 0 Å². The monoisotopic (exact) mass is 169 g/mol. The van der Waals surface area contributed by atoms with Crippen LogP contribution in [0.25, 0.3) is 0 Å². The lowest BCUT2D eigenvalue weighted by molar-refractivity contribution is 0.414. The van der Waals surface area contributed by atoms with Crippen LogP contribution in [0.3, 0.4) is 0 Å². The minimum atomic E-state index is -0.718. The zero-order chi connectivity index (χ0) is 9.14. The second-order valence-electron chi connectivity index (χ2n) is 2.82. The van der Waals surface area contributed by atoms with Crippen LogP contribution in [-0.2, 0) is 0 Å². The number of aryl methyl sites for hydroxylation is 1. The molecule has 66 valence electrons. The summed E-state index contributed by atoms with van der Waals surface area (Å²) in [4.78, 5) is 0. The lowest BCUT2D eigenvalue weighted by Gasteiger charge is -2.09. The molecule has 3 heteroatoms. The molecule has 0 aliphatic heterocycles. The normalized spacial score (nSPS) is 12.9. The van der Waals surface area contributed by atoms with Gasteiger partial charge in [0.05, 0.1) is 6.04 Å². The number of nitrogens with two attached hydrogens (primary N) is 1. The molecular formula is C9H12FNO. The van der Waals surface area contributed by atoms with Crippen molar-refractivity contribution in [1.29, 1.82) is 0 Å². The Morgan fingerprint density at radius 3 is 2.83 bits per heavy atom. The zero-order valence-electron chi connectivity index (χ0n) is 6.92. The van der Waals surface area contributed by atoms with Crippen LogP contribution in [0.15, 0.2) is 18.2 Å². The highest BCUT2D eigenvalue weighted by Gasteiger charge is 2.09. The number of alkyl halides is 1. The van der Waals surface area contributed by atoms with Crippen molar-refractivity contribution in [3.8, 4) is 5.75 Å². The molecule has 3 N–H and O–H groups in total. The number of rotatable bonds is 2. The number of phenolic OH excluding ortho intramolecular Hbond substituents is 1. The molecule has 12 heavy (non-hydrogen) atoms. The Morgan fingerprint density at radius 1 is 1.58 bits per heavy atom. The van der Waals surface area contributed by atoms with Crippen molar-refractivity contribution < 1.29 is 9.50 Å². The molecule has 0 saturated heterocycles. The number of hydrogen-bond donors (Lipinski definition) is 2.